The molecule has 0 amide bonds. The second-order valence-electron chi connectivity index (χ2n) is 4.94. The van der Waals surface area contributed by atoms with E-state index < -0.39 is 11.7 Å². The van der Waals surface area contributed by atoms with Crippen molar-refractivity contribution in [1.82, 2.24) is 5.32 Å². The molecule has 2 aromatic carbocycles. The van der Waals surface area contributed by atoms with Gasteiger partial charge in [0.15, 0.2) is 0 Å². The minimum Gasteiger partial charge on any atom is -0.497 e. The molecule has 2 rings (SSSR count). The standard InChI is InChI=1S/C17H16F3NO2S/c1-22-13-7-8-15(23-2)14(9-13)16(24)21-10-11-3-5-12(6-4-11)17(18,19)20/h3-9H,10H2,1-2H3,(H,21,24). The van der Waals surface area contributed by atoms with Gasteiger partial charge in [0, 0.05) is 6.54 Å². The van der Waals surface area contributed by atoms with Gasteiger partial charge in [0.2, 0.25) is 0 Å². The van der Waals surface area contributed by atoms with E-state index >= 15 is 0 Å². The fourth-order valence-electron chi connectivity index (χ4n) is 2.08. The zero-order chi connectivity index (χ0) is 17.7. The average Bonchev–Trinajstić information content (AvgIpc) is 2.58. The summed E-state index contributed by atoms with van der Waals surface area (Å²) in [6, 6.07) is 10.2. The van der Waals surface area contributed by atoms with Crippen molar-refractivity contribution < 1.29 is 22.6 Å². The summed E-state index contributed by atoms with van der Waals surface area (Å²) in [5, 5.41) is 3.01. The third kappa shape index (κ3) is 4.38. The van der Waals surface area contributed by atoms with Gasteiger partial charge < -0.3 is 14.8 Å². The minimum absolute atomic E-state index is 0.303. The molecule has 0 aromatic heterocycles. The van der Waals surface area contributed by atoms with E-state index in [9.17, 15) is 13.2 Å². The first-order chi connectivity index (χ1) is 11.3. The molecular formula is C17H16F3NO2S. The van der Waals surface area contributed by atoms with Crippen molar-refractivity contribution in [3.8, 4) is 11.5 Å². The normalized spacial score (nSPS) is 11.0. The molecule has 7 heteroatoms. The van der Waals surface area contributed by atoms with E-state index in [-0.39, 0.29) is 0 Å². The summed E-state index contributed by atoms with van der Waals surface area (Å²) < 4.78 is 48.1. The Balaban J connectivity index is 2.08. The Labute approximate surface area is 143 Å². The van der Waals surface area contributed by atoms with Crippen LogP contribution in [0.1, 0.15) is 16.7 Å². The Morgan fingerprint density at radius 3 is 2.25 bits per heavy atom. The van der Waals surface area contributed by atoms with Crippen LogP contribution in [0.25, 0.3) is 0 Å². The molecule has 0 spiro atoms. The number of ether oxygens (including phenoxy) is 2. The van der Waals surface area contributed by atoms with Gasteiger partial charge >= 0.3 is 6.18 Å². The quantitative estimate of drug-likeness (QED) is 0.815. The molecular weight excluding hydrogens is 339 g/mol. The summed E-state index contributed by atoms with van der Waals surface area (Å²) in [4.78, 5) is 0.422. The number of hydrogen-bond acceptors (Lipinski definition) is 3. The third-order valence-corrected chi connectivity index (χ3v) is 3.75. The lowest BCUT2D eigenvalue weighted by atomic mass is 10.1. The highest BCUT2D eigenvalue weighted by atomic mass is 32.1. The summed E-state index contributed by atoms with van der Waals surface area (Å²) >= 11 is 5.34. The third-order valence-electron chi connectivity index (χ3n) is 3.39. The first kappa shape index (κ1) is 18.1. The van der Waals surface area contributed by atoms with Crippen molar-refractivity contribution in [1.29, 1.82) is 0 Å². The van der Waals surface area contributed by atoms with Crippen LogP contribution in [-0.4, -0.2) is 19.2 Å². The molecule has 2 aromatic rings. The number of thiocarbonyl (C=S) groups is 1. The highest BCUT2D eigenvalue weighted by molar-refractivity contribution is 7.80. The van der Waals surface area contributed by atoms with Gasteiger partial charge in [0.05, 0.1) is 25.3 Å². The van der Waals surface area contributed by atoms with Gasteiger partial charge in [-0.05, 0) is 35.9 Å². The smallest absolute Gasteiger partial charge is 0.416 e. The Bertz CT molecular complexity index is 715. The molecule has 1 N–H and O–H groups in total. The van der Waals surface area contributed by atoms with Crippen LogP contribution in [0.3, 0.4) is 0 Å². The molecule has 0 atom stereocenters. The number of methoxy groups -OCH3 is 2. The number of nitrogens with one attached hydrogen (secondary N) is 1. The molecule has 128 valence electrons. The van der Waals surface area contributed by atoms with Crippen LogP contribution in [0.4, 0.5) is 13.2 Å². The van der Waals surface area contributed by atoms with Gasteiger partial charge in [-0.15, -0.1) is 0 Å². The van der Waals surface area contributed by atoms with E-state index in [2.05, 4.69) is 5.32 Å². The van der Waals surface area contributed by atoms with Crippen molar-refractivity contribution in [2.45, 2.75) is 12.7 Å². The van der Waals surface area contributed by atoms with Crippen LogP contribution < -0.4 is 14.8 Å². The van der Waals surface area contributed by atoms with Gasteiger partial charge in [0.1, 0.15) is 16.5 Å². The van der Waals surface area contributed by atoms with Crippen molar-refractivity contribution in [3.63, 3.8) is 0 Å². The van der Waals surface area contributed by atoms with Crippen molar-refractivity contribution in [3.05, 3.63) is 59.2 Å². The second kappa shape index (κ2) is 7.53. The predicted molar refractivity (Wildman–Crippen MR) is 89.5 cm³/mol. The summed E-state index contributed by atoms with van der Waals surface area (Å²) in [7, 11) is 3.08. The lowest BCUT2D eigenvalue weighted by Gasteiger charge is -2.13. The Morgan fingerprint density at radius 1 is 1.04 bits per heavy atom. The zero-order valence-electron chi connectivity index (χ0n) is 13.1. The molecule has 0 radical (unpaired) electrons. The number of halogens is 3. The van der Waals surface area contributed by atoms with Crippen molar-refractivity contribution in [2.24, 2.45) is 0 Å². The lowest BCUT2D eigenvalue weighted by molar-refractivity contribution is -0.137. The molecule has 24 heavy (non-hydrogen) atoms. The lowest BCUT2D eigenvalue weighted by Crippen LogP contribution is -2.22. The molecule has 0 heterocycles. The van der Waals surface area contributed by atoms with Gasteiger partial charge in [-0.2, -0.15) is 13.2 Å². The van der Waals surface area contributed by atoms with Crippen LogP contribution in [0.2, 0.25) is 0 Å². The van der Waals surface area contributed by atoms with E-state index in [4.69, 9.17) is 21.7 Å². The minimum atomic E-state index is -4.34. The van der Waals surface area contributed by atoms with E-state index in [0.717, 1.165) is 12.1 Å². The number of rotatable bonds is 5. The van der Waals surface area contributed by atoms with Crippen LogP contribution in [0.15, 0.2) is 42.5 Å². The molecule has 0 aliphatic rings. The van der Waals surface area contributed by atoms with Crippen LogP contribution in [-0.2, 0) is 12.7 Å². The molecule has 0 saturated carbocycles. The number of hydrogen-bond donors (Lipinski definition) is 1. The topological polar surface area (TPSA) is 30.5 Å². The maximum Gasteiger partial charge on any atom is 0.416 e. The van der Waals surface area contributed by atoms with Gasteiger partial charge in [-0.3, -0.25) is 0 Å². The molecule has 0 fully saturated rings. The first-order valence-electron chi connectivity index (χ1n) is 7.01. The van der Waals surface area contributed by atoms with Gasteiger partial charge in [0.25, 0.3) is 0 Å². The Morgan fingerprint density at radius 2 is 1.71 bits per heavy atom. The van der Waals surface area contributed by atoms with Gasteiger partial charge in [-0.25, -0.2) is 0 Å². The van der Waals surface area contributed by atoms with E-state index in [0.29, 0.717) is 34.2 Å². The van der Waals surface area contributed by atoms with Crippen LogP contribution >= 0.6 is 12.2 Å². The molecule has 0 unspecified atom stereocenters. The average molecular weight is 355 g/mol. The van der Waals surface area contributed by atoms with E-state index in [1.807, 2.05) is 0 Å². The molecule has 0 aliphatic carbocycles. The number of alkyl halides is 3. The number of benzene rings is 2. The molecule has 0 saturated heterocycles. The van der Waals surface area contributed by atoms with E-state index in [1.165, 1.54) is 19.2 Å². The maximum atomic E-state index is 12.5. The fraction of sp³-hybridized carbons (Fsp3) is 0.235. The van der Waals surface area contributed by atoms with E-state index in [1.54, 1.807) is 25.3 Å². The first-order valence-corrected chi connectivity index (χ1v) is 7.42. The second-order valence-corrected chi connectivity index (χ2v) is 5.35. The highest BCUT2D eigenvalue weighted by Crippen LogP contribution is 2.29. The maximum absolute atomic E-state index is 12.5. The largest absolute Gasteiger partial charge is 0.497 e. The SMILES string of the molecule is COc1ccc(OC)c(C(=S)NCc2ccc(C(F)(F)F)cc2)c1. The monoisotopic (exact) mass is 355 g/mol. The van der Waals surface area contributed by atoms with Crippen molar-refractivity contribution in [2.75, 3.05) is 14.2 Å². The fourth-order valence-corrected chi connectivity index (χ4v) is 2.31. The zero-order valence-corrected chi connectivity index (χ0v) is 13.9. The molecule has 0 aliphatic heterocycles. The molecule has 0 bridgehead atoms. The summed E-state index contributed by atoms with van der Waals surface area (Å²) in [5.74, 6) is 1.21. The van der Waals surface area contributed by atoms with Crippen LogP contribution in [0, 0.1) is 0 Å². The summed E-state index contributed by atoms with van der Waals surface area (Å²) in [5.41, 5.74) is 0.661. The summed E-state index contributed by atoms with van der Waals surface area (Å²) in [6.07, 6.45) is -4.34. The highest BCUT2D eigenvalue weighted by Gasteiger charge is 2.29. The summed E-state index contributed by atoms with van der Waals surface area (Å²) in [6.45, 7) is 0.303. The Kier molecular flexibility index (Phi) is 5.66. The predicted octanol–water partition coefficient (Wildman–Crippen LogP) is 4.19. The van der Waals surface area contributed by atoms with Crippen LogP contribution in [0.5, 0.6) is 11.5 Å². The van der Waals surface area contributed by atoms with Crippen molar-refractivity contribution >= 4 is 17.2 Å². The van der Waals surface area contributed by atoms with Gasteiger partial charge in [-0.1, -0.05) is 24.4 Å². The Hall–Kier alpha value is -2.28. The molecule has 3 nitrogen and oxygen atoms in total.